The molecule has 2 unspecified atom stereocenters. The molecule has 1 saturated heterocycles. The van der Waals surface area contributed by atoms with Crippen LogP contribution in [0.25, 0.3) is 0 Å². The summed E-state index contributed by atoms with van der Waals surface area (Å²) in [7, 11) is 0. The van der Waals surface area contributed by atoms with Gasteiger partial charge in [-0.3, -0.25) is 9.59 Å². The molecule has 0 aliphatic carbocycles. The SMILES string of the molecule is CCN(C(=O)CC1CSCCN1)C(C)CC(=O)O. The summed E-state index contributed by atoms with van der Waals surface area (Å²) in [5.74, 6) is 1.24. The molecular weight excluding hydrogens is 252 g/mol. The first-order valence-corrected chi connectivity index (χ1v) is 7.52. The molecule has 1 heterocycles. The molecule has 2 atom stereocenters. The minimum Gasteiger partial charge on any atom is -0.481 e. The normalized spacial score (nSPS) is 21.3. The van der Waals surface area contributed by atoms with Crippen LogP contribution in [0.3, 0.4) is 0 Å². The highest BCUT2D eigenvalue weighted by molar-refractivity contribution is 7.99. The van der Waals surface area contributed by atoms with Gasteiger partial charge >= 0.3 is 5.97 Å². The third-order valence-corrected chi connectivity index (χ3v) is 4.21. The summed E-state index contributed by atoms with van der Waals surface area (Å²) in [6, 6.07) is -0.0152. The van der Waals surface area contributed by atoms with Gasteiger partial charge in [-0.1, -0.05) is 0 Å². The molecule has 0 radical (unpaired) electrons. The number of nitrogens with one attached hydrogen (secondary N) is 1. The summed E-state index contributed by atoms with van der Waals surface area (Å²) in [5, 5.41) is 12.1. The maximum absolute atomic E-state index is 12.1. The number of carbonyl (C=O) groups is 2. The molecule has 0 bridgehead atoms. The summed E-state index contributed by atoms with van der Waals surface area (Å²) in [4.78, 5) is 24.5. The van der Waals surface area contributed by atoms with E-state index >= 15 is 0 Å². The van der Waals surface area contributed by atoms with Gasteiger partial charge in [0.05, 0.1) is 6.42 Å². The van der Waals surface area contributed by atoms with Crippen molar-refractivity contribution in [2.24, 2.45) is 0 Å². The van der Waals surface area contributed by atoms with Gasteiger partial charge in [-0.15, -0.1) is 0 Å². The molecule has 1 fully saturated rings. The molecule has 104 valence electrons. The molecule has 0 spiro atoms. The van der Waals surface area contributed by atoms with Crippen LogP contribution >= 0.6 is 11.8 Å². The Kier molecular flexibility index (Phi) is 6.49. The van der Waals surface area contributed by atoms with Crippen LogP contribution in [0.5, 0.6) is 0 Å². The summed E-state index contributed by atoms with van der Waals surface area (Å²) >= 11 is 1.86. The molecule has 0 aromatic rings. The third kappa shape index (κ3) is 4.86. The van der Waals surface area contributed by atoms with Crippen molar-refractivity contribution >= 4 is 23.6 Å². The average Bonchev–Trinajstić information content (AvgIpc) is 2.30. The number of carboxylic acid groups (broad SMARTS) is 1. The Bertz CT molecular complexity index is 293. The number of amides is 1. The van der Waals surface area contributed by atoms with Crippen LogP contribution in [0, 0.1) is 0 Å². The number of rotatable bonds is 6. The third-order valence-electron chi connectivity index (χ3n) is 3.08. The molecule has 1 aliphatic heterocycles. The Morgan fingerprint density at radius 2 is 2.28 bits per heavy atom. The Morgan fingerprint density at radius 1 is 1.56 bits per heavy atom. The highest BCUT2D eigenvalue weighted by Crippen LogP contribution is 2.13. The number of thioether (sulfide) groups is 1. The summed E-state index contributed by atoms with van der Waals surface area (Å²) < 4.78 is 0. The lowest BCUT2D eigenvalue weighted by molar-refractivity contribution is -0.140. The van der Waals surface area contributed by atoms with Crippen molar-refractivity contribution in [3.8, 4) is 0 Å². The molecule has 1 aliphatic rings. The van der Waals surface area contributed by atoms with Crippen LogP contribution in [0.15, 0.2) is 0 Å². The number of carboxylic acids is 1. The lowest BCUT2D eigenvalue weighted by Crippen LogP contribution is -2.45. The molecular formula is C12H22N2O3S. The van der Waals surface area contributed by atoms with E-state index < -0.39 is 5.97 Å². The van der Waals surface area contributed by atoms with Crippen LogP contribution < -0.4 is 5.32 Å². The maximum atomic E-state index is 12.1. The first kappa shape index (κ1) is 15.3. The van der Waals surface area contributed by atoms with Gasteiger partial charge in [0.1, 0.15) is 0 Å². The van der Waals surface area contributed by atoms with Crippen LogP contribution in [0.2, 0.25) is 0 Å². The van der Waals surface area contributed by atoms with Crippen LogP contribution in [0.1, 0.15) is 26.7 Å². The summed E-state index contributed by atoms with van der Waals surface area (Å²) in [6.07, 6.45) is 0.469. The molecule has 5 nitrogen and oxygen atoms in total. The van der Waals surface area contributed by atoms with E-state index in [1.807, 2.05) is 18.7 Å². The van der Waals surface area contributed by atoms with Crippen LogP contribution in [-0.2, 0) is 9.59 Å². The van der Waals surface area contributed by atoms with Crippen LogP contribution in [0.4, 0.5) is 0 Å². The second kappa shape index (κ2) is 7.63. The quantitative estimate of drug-likeness (QED) is 0.749. The van der Waals surface area contributed by atoms with Crippen molar-refractivity contribution in [3.63, 3.8) is 0 Å². The predicted octanol–water partition coefficient (Wildman–Crippen LogP) is 0.793. The zero-order valence-electron chi connectivity index (χ0n) is 11.0. The monoisotopic (exact) mass is 274 g/mol. The van der Waals surface area contributed by atoms with E-state index in [0.29, 0.717) is 13.0 Å². The predicted molar refractivity (Wildman–Crippen MR) is 72.8 cm³/mol. The molecule has 18 heavy (non-hydrogen) atoms. The smallest absolute Gasteiger partial charge is 0.305 e. The van der Waals surface area contributed by atoms with E-state index in [0.717, 1.165) is 18.1 Å². The minimum atomic E-state index is -0.861. The first-order valence-electron chi connectivity index (χ1n) is 6.37. The number of carbonyl (C=O) groups excluding carboxylic acids is 1. The van der Waals surface area contributed by atoms with Gasteiger partial charge in [0.15, 0.2) is 0 Å². The number of hydrogen-bond donors (Lipinski definition) is 2. The average molecular weight is 274 g/mol. The fourth-order valence-electron chi connectivity index (χ4n) is 2.18. The van der Waals surface area contributed by atoms with E-state index in [1.54, 1.807) is 11.8 Å². The lowest BCUT2D eigenvalue weighted by Gasteiger charge is -2.30. The fourth-order valence-corrected chi connectivity index (χ4v) is 3.12. The van der Waals surface area contributed by atoms with Crippen molar-refractivity contribution in [2.45, 2.75) is 38.8 Å². The second-order valence-electron chi connectivity index (χ2n) is 4.56. The van der Waals surface area contributed by atoms with E-state index in [2.05, 4.69) is 5.32 Å². The highest BCUT2D eigenvalue weighted by Gasteiger charge is 2.24. The Morgan fingerprint density at radius 3 is 2.78 bits per heavy atom. The van der Waals surface area contributed by atoms with Gasteiger partial charge in [0.2, 0.25) is 5.91 Å². The fraction of sp³-hybridized carbons (Fsp3) is 0.833. The standard InChI is InChI=1S/C12H22N2O3S/c1-3-14(9(2)6-12(16)17)11(15)7-10-8-18-5-4-13-10/h9-10,13H,3-8H2,1-2H3,(H,16,17). The molecule has 2 N–H and O–H groups in total. The van der Waals surface area contributed by atoms with Gasteiger partial charge in [0.25, 0.3) is 0 Å². The molecule has 6 heteroatoms. The number of aliphatic carboxylic acids is 1. The minimum absolute atomic E-state index is 0.00637. The maximum Gasteiger partial charge on any atom is 0.305 e. The number of nitrogens with zero attached hydrogens (tertiary/aromatic N) is 1. The van der Waals surface area contributed by atoms with Crippen molar-refractivity contribution in [1.82, 2.24) is 10.2 Å². The van der Waals surface area contributed by atoms with Crippen molar-refractivity contribution in [1.29, 1.82) is 0 Å². The van der Waals surface area contributed by atoms with Crippen molar-refractivity contribution in [2.75, 3.05) is 24.6 Å². The summed E-state index contributed by atoms with van der Waals surface area (Å²) in [6.45, 7) is 5.18. The lowest BCUT2D eigenvalue weighted by atomic mass is 10.1. The summed E-state index contributed by atoms with van der Waals surface area (Å²) in [5.41, 5.74) is 0. The van der Waals surface area contributed by atoms with E-state index in [1.165, 1.54) is 0 Å². The Balaban J connectivity index is 2.47. The molecule has 0 saturated carbocycles. The molecule has 0 aromatic heterocycles. The van der Waals surface area contributed by atoms with E-state index in [4.69, 9.17) is 5.11 Å². The zero-order chi connectivity index (χ0) is 13.5. The van der Waals surface area contributed by atoms with E-state index in [-0.39, 0.29) is 24.4 Å². The van der Waals surface area contributed by atoms with Crippen molar-refractivity contribution < 1.29 is 14.7 Å². The highest BCUT2D eigenvalue weighted by atomic mass is 32.2. The topological polar surface area (TPSA) is 69.6 Å². The Hall–Kier alpha value is -0.750. The van der Waals surface area contributed by atoms with Gasteiger partial charge in [0, 0.05) is 43.1 Å². The van der Waals surface area contributed by atoms with Gasteiger partial charge in [-0.2, -0.15) is 11.8 Å². The zero-order valence-corrected chi connectivity index (χ0v) is 11.8. The van der Waals surface area contributed by atoms with E-state index in [9.17, 15) is 9.59 Å². The molecule has 1 amide bonds. The second-order valence-corrected chi connectivity index (χ2v) is 5.71. The molecule has 1 rings (SSSR count). The van der Waals surface area contributed by atoms with Gasteiger partial charge in [-0.25, -0.2) is 0 Å². The molecule has 0 aromatic carbocycles. The van der Waals surface area contributed by atoms with Gasteiger partial charge in [-0.05, 0) is 13.8 Å². The first-order chi connectivity index (χ1) is 8.54. The van der Waals surface area contributed by atoms with Crippen molar-refractivity contribution in [3.05, 3.63) is 0 Å². The largest absolute Gasteiger partial charge is 0.481 e. The van der Waals surface area contributed by atoms with Gasteiger partial charge < -0.3 is 15.3 Å². The Labute approximate surface area is 112 Å². The number of hydrogen-bond acceptors (Lipinski definition) is 4. The van der Waals surface area contributed by atoms with Crippen LogP contribution in [-0.4, -0.2) is 58.6 Å².